The topological polar surface area (TPSA) is 47.0 Å². The maximum atomic E-state index is 5.43. The highest BCUT2D eigenvalue weighted by Gasteiger charge is 2.10. The molecule has 0 amide bonds. The standard InChI is InChI=1S/C16H21N3O/c1-5-8-17-16-18-12(3)10-14(19-16)13-9-11(2)6-7-15(13)20-4/h6-7,9-10H,5,8H2,1-4H3,(H,17,18,19). The van der Waals surface area contributed by atoms with Crippen LogP contribution >= 0.6 is 0 Å². The molecule has 0 fully saturated rings. The number of ether oxygens (including phenoxy) is 1. The molecule has 0 aliphatic rings. The molecule has 0 aliphatic carbocycles. The minimum Gasteiger partial charge on any atom is -0.496 e. The molecular formula is C16H21N3O. The summed E-state index contributed by atoms with van der Waals surface area (Å²) in [5.74, 6) is 1.50. The van der Waals surface area contributed by atoms with Gasteiger partial charge < -0.3 is 10.1 Å². The minimum atomic E-state index is 0.672. The van der Waals surface area contributed by atoms with Gasteiger partial charge in [0.25, 0.3) is 0 Å². The van der Waals surface area contributed by atoms with E-state index in [2.05, 4.69) is 35.2 Å². The van der Waals surface area contributed by atoms with Gasteiger partial charge in [0.1, 0.15) is 5.75 Å². The van der Waals surface area contributed by atoms with Crippen molar-refractivity contribution in [1.29, 1.82) is 0 Å². The summed E-state index contributed by atoms with van der Waals surface area (Å²) in [6.45, 7) is 7.03. The highest BCUT2D eigenvalue weighted by molar-refractivity contribution is 5.69. The molecule has 0 unspecified atom stereocenters. The van der Waals surface area contributed by atoms with E-state index < -0.39 is 0 Å². The average Bonchev–Trinajstić information content (AvgIpc) is 2.44. The summed E-state index contributed by atoms with van der Waals surface area (Å²) in [5, 5.41) is 3.23. The molecule has 4 heteroatoms. The lowest BCUT2D eigenvalue weighted by atomic mass is 10.1. The zero-order valence-corrected chi connectivity index (χ0v) is 12.5. The molecular weight excluding hydrogens is 250 g/mol. The molecule has 2 rings (SSSR count). The number of rotatable bonds is 5. The Balaban J connectivity index is 2.46. The van der Waals surface area contributed by atoms with Gasteiger partial charge in [-0.15, -0.1) is 0 Å². The number of aromatic nitrogens is 2. The normalized spacial score (nSPS) is 10.4. The van der Waals surface area contributed by atoms with Gasteiger partial charge in [-0.1, -0.05) is 18.6 Å². The van der Waals surface area contributed by atoms with E-state index in [0.717, 1.165) is 35.7 Å². The van der Waals surface area contributed by atoms with Crippen molar-refractivity contribution >= 4 is 5.95 Å². The molecule has 0 spiro atoms. The largest absolute Gasteiger partial charge is 0.496 e. The third-order valence-electron chi connectivity index (χ3n) is 3.02. The predicted octanol–water partition coefficient (Wildman–Crippen LogP) is 3.59. The predicted molar refractivity (Wildman–Crippen MR) is 82.3 cm³/mol. The second-order valence-corrected chi connectivity index (χ2v) is 4.85. The highest BCUT2D eigenvalue weighted by Crippen LogP contribution is 2.30. The molecule has 0 saturated heterocycles. The summed E-state index contributed by atoms with van der Waals surface area (Å²) < 4.78 is 5.43. The van der Waals surface area contributed by atoms with E-state index >= 15 is 0 Å². The first-order valence-electron chi connectivity index (χ1n) is 6.88. The van der Waals surface area contributed by atoms with Gasteiger partial charge in [0, 0.05) is 17.8 Å². The zero-order chi connectivity index (χ0) is 14.5. The molecule has 0 saturated carbocycles. The Bertz CT molecular complexity index is 596. The van der Waals surface area contributed by atoms with Crippen LogP contribution in [0.5, 0.6) is 5.75 Å². The number of hydrogen-bond acceptors (Lipinski definition) is 4. The van der Waals surface area contributed by atoms with Gasteiger partial charge in [-0.25, -0.2) is 9.97 Å². The molecule has 0 aliphatic heterocycles. The maximum absolute atomic E-state index is 5.43. The van der Waals surface area contributed by atoms with Crippen LogP contribution in [-0.4, -0.2) is 23.6 Å². The molecule has 0 bridgehead atoms. The third kappa shape index (κ3) is 3.26. The maximum Gasteiger partial charge on any atom is 0.223 e. The number of nitrogens with zero attached hydrogens (tertiary/aromatic N) is 2. The lowest BCUT2D eigenvalue weighted by molar-refractivity contribution is 0.416. The number of benzene rings is 1. The number of aryl methyl sites for hydroxylation is 2. The van der Waals surface area contributed by atoms with Crippen molar-refractivity contribution < 1.29 is 4.74 Å². The van der Waals surface area contributed by atoms with E-state index in [0.29, 0.717) is 5.95 Å². The number of nitrogens with one attached hydrogen (secondary N) is 1. The van der Waals surface area contributed by atoms with Gasteiger partial charge in [0.2, 0.25) is 5.95 Å². The Hall–Kier alpha value is -2.10. The van der Waals surface area contributed by atoms with E-state index in [1.54, 1.807) is 7.11 Å². The fraction of sp³-hybridized carbons (Fsp3) is 0.375. The van der Waals surface area contributed by atoms with Crippen molar-refractivity contribution in [2.75, 3.05) is 19.0 Å². The molecule has 106 valence electrons. The smallest absolute Gasteiger partial charge is 0.223 e. The SMILES string of the molecule is CCCNc1nc(C)cc(-c2cc(C)ccc2OC)n1. The Morgan fingerprint density at radius 2 is 1.95 bits per heavy atom. The van der Waals surface area contributed by atoms with Gasteiger partial charge >= 0.3 is 0 Å². The van der Waals surface area contributed by atoms with Crippen LogP contribution in [-0.2, 0) is 0 Å². The summed E-state index contributed by atoms with van der Waals surface area (Å²) >= 11 is 0. The first kappa shape index (κ1) is 14.3. The molecule has 20 heavy (non-hydrogen) atoms. The molecule has 4 nitrogen and oxygen atoms in total. The van der Waals surface area contributed by atoms with Crippen LogP contribution in [0.2, 0.25) is 0 Å². The number of hydrogen-bond donors (Lipinski definition) is 1. The number of anilines is 1. The van der Waals surface area contributed by atoms with Gasteiger partial charge in [-0.2, -0.15) is 0 Å². The molecule has 0 atom stereocenters. The van der Waals surface area contributed by atoms with E-state index in [9.17, 15) is 0 Å². The Kier molecular flexibility index (Phi) is 4.56. The lowest BCUT2D eigenvalue weighted by Crippen LogP contribution is -2.06. The van der Waals surface area contributed by atoms with Gasteiger partial charge in [0.15, 0.2) is 0 Å². The summed E-state index contributed by atoms with van der Waals surface area (Å²) in [4.78, 5) is 9.00. The van der Waals surface area contributed by atoms with Crippen molar-refractivity contribution in [2.45, 2.75) is 27.2 Å². The van der Waals surface area contributed by atoms with Crippen LogP contribution in [0.15, 0.2) is 24.3 Å². The summed E-state index contributed by atoms with van der Waals surface area (Å²) in [7, 11) is 1.68. The lowest BCUT2D eigenvalue weighted by Gasteiger charge is -2.11. The fourth-order valence-corrected chi connectivity index (χ4v) is 2.04. The van der Waals surface area contributed by atoms with Crippen molar-refractivity contribution in [2.24, 2.45) is 0 Å². The van der Waals surface area contributed by atoms with Crippen molar-refractivity contribution in [3.63, 3.8) is 0 Å². The molecule has 1 aromatic carbocycles. The quantitative estimate of drug-likeness (QED) is 0.902. The second-order valence-electron chi connectivity index (χ2n) is 4.85. The van der Waals surface area contributed by atoms with E-state index in [1.807, 2.05) is 25.1 Å². The zero-order valence-electron chi connectivity index (χ0n) is 12.5. The van der Waals surface area contributed by atoms with E-state index in [1.165, 1.54) is 5.56 Å². The Morgan fingerprint density at radius 3 is 2.65 bits per heavy atom. The van der Waals surface area contributed by atoms with Crippen molar-refractivity contribution in [3.8, 4) is 17.0 Å². The van der Waals surface area contributed by atoms with E-state index in [4.69, 9.17) is 4.74 Å². The fourth-order valence-electron chi connectivity index (χ4n) is 2.04. The van der Waals surface area contributed by atoms with Gasteiger partial charge in [0.05, 0.1) is 12.8 Å². The number of methoxy groups -OCH3 is 1. The Morgan fingerprint density at radius 1 is 1.15 bits per heavy atom. The van der Waals surface area contributed by atoms with E-state index in [-0.39, 0.29) is 0 Å². The van der Waals surface area contributed by atoms with Crippen LogP contribution in [0, 0.1) is 13.8 Å². The molecule has 1 aromatic heterocycles. The van der Waals surface area contributed by atoms with Crippen LogP contribution in [0.25, 0.3) is 11.3 Å². The third-order valence-corrected chi connectivity index (χ3v) is 3.02. The highest BCUT2D eigenvalue weighted by atomic mass is 16.5. The van der Waals surface area contributed by atoms with Gasteiger partial charge in [-0.05, 0) is 38.5 Å². The Labute approximate surface area is 120 Å². The van der Waals surface area contributed by atoms with Crippen molar-refractivity contribution in [1.82, 2.24) is 9.97 Å². The van der Waals surface area contributed by atoms with Gasteiger partial charge in [-0.3, -0.25) is 0 Å². The second kappa shape index (κ2) is 6.37. The first-order chi connectivity index (χ1) is 9.63. The first-order valence-corrected chi connectivity index (χ1v) is 6.88. The molecule has 1 heterocycles. The van der Waals surface area contributed by atoms with Crippen LogP contribution in [0.3, 0.4) is 0 Å². The van der Waals surface area contributed by atoms with Crippen LogP contribution in [0.1, 0.15) is 24.6 Å². The van der Waals surface area contributed by atoms with Crippen LogP contribution in [0.4, 0.5) is 5.95 Å². The monoisotopic (exact) mass is 271 g/mol. The molecule has 0 radical (unpaired) electrons. The van der Waals surface area contributed by atoms with Crippen LogP contribution < -0.4 is 10.1 Å². The average molecular weight is 271 g/mol. The summed E-state index contributed by atoms with van der Waals surface area (Å²) in [6.07, 6.45) is 1.04. The molecule has 2 aromatic rings. The molecule has 1 N–H and O–H groups in total. The summed E-state index contributed by atoms with van der Waals surface area (Å²) in [6, 6.07) is 8.08. The minimum absolute atomic E-state index is 0.672. The van der Waals surface area contributed by atoms with Crippen molar-refractivity contribution in [3.05, 3.63) is 35.5 Å². The summed E-state index contributed by atoms with van der Waals surface area (Å²) in [5.41, 5.74) is 4.01.